The molecule has 2 heteroatoms. The lowest BCUT2D eigenvalue weighted by Gasteiger charge is -1.95. The van der Waals surface area contributed by atoms with Crippen LogP contribution >= 0.6 is 0 Å². The van der Waals surface area contributed by atoms with Gasteiger partial charge in [0.15, 0.2) is 0 Å². The van der Waals surface area contributed by atoms with Crippen LogP contribution in [0.4, 0.5) is 0 Å². The van der Waals surface area contributed by atoms with Crippen molar-refractivity contribution in [2.24, 2.45) is 0 Å². The third kappa shape index (κ3) is 7.13. The van der Waals surface area contributed by atoms with Gasteiger partial charge in [0.05, 0.1) is 6.61 Å². The van der Waals surface area contributed by atoms with E-state index in [1.807, 2.05) is 0 Å². The van der Waals surface area contributed by atoms with Gasteiger partial charge in [-0.1, -0.05) is 13.0 Å². The highest BCUT2D eigenvalue weighted by Gasteiger charge is 1.81. The van der Waals surface area contributed by atoms with E-state index in [9.17, 15) is 0 Å². The van der Waals surface area contributed by atoms with Gasteiger partial charge < -0.3 is 9.84 Å². The van der Waals surface area contributed by atoms with Gasteiger partial charge in [-0.25, -0.2) is 0 Å². The van der Waals surface area contributed by atoms with Crippen LogP contribution in [0.15, 0.2) is 24.0 Å². The zero-order chi connectivity index (χ0) is 8.53. The summed E-state index contributed by atoms with van der Waals surface area (Å²) in [4.78, 5) is 0. The van der Waals surface area contributed by atoms with Gasteiger partial charge in [-0.15, -0.1) is 0 Å². The molecule has 0 aromatic heterocycles. The molecule has 0 aliphatic heterocycles. The molecule has 0 unspecified atom stereocenters. The molecule has 0 saturated heterocycles. The van der Waals surface area contributed by atoms with Crippen LogP contribution in [-0.4, -0.2) is 18.3 Å². The predicted molar refractivity (Wildman–Crippen MR) is 46.6 cm³/mol. The van der Waals surface area contributed by atoms with E-state index in [2.05, 4.69) is 6.92 Å². The van der Waals surface area contributed by atoms with Crippen LogP contribution in [0.5, 0.6) is 0 Å². The normalized spacial score (nSPS) is 12.7. The Balaban J connectivity index is 3.30. The molecule has 0 amide bonds. The van der Waals surface area contributed by atoms with Gasteiger partial charge in [-0.3, -0.25) is 0 Å². The summed E-state index contributed by atoms with van der Waals surface area (Å²) in [6, 6.07) is 0. The van der Waals surface area contributed by atoms with E-state index in [0.29, 0.717) is 6.61 Å². The van der Waals surface area contributed by atoms with Crippen LogP contribution in [0.3, 0.4) is 0 Å². The summed E-state index contributed by atoms with van der Waals surface area (Å²) in [5.41, 5.74) is 0. The zero-order valence-corrected chi connectivity index (χ0v) is 7.21. The van der Waals surface area contributed by atoms with Crippen LogP contribution in [0.1, 0.15) is 20.3 Å². The summed E-state index contributed by atoms with van der Waals surface area (Å²) >= 11 is 0. The fourth-order valence-electron chi connectivity index (χ4n) is 0.561. The molecule has 0 aliphatic carbocycles. The molecule has 0 atom stereocenters. The molecule has 0 heterocycles. The zero-order valence-electron chi connectivity index (χ0n) is 7.21. The minimum Gasteiger partial charge on any atom is -0.508 e. The Morgan fingerprint density at radius 3 is 2.82 bits per heavy atom. The molecule has 0 bridgehead atoms. The highest BCUT2D eigenvalue weighted by molar-refractivity contribution is 5.08. The van der Waals surface area contributed by atoms with Gasteiger partial charge in [-0.2, -0.15) is 0 Å². The van der Waals surface area contributed by atoms with Crippen LogP contribution in [-0.2, 0) is 4.74 Å². The van der Waals surface area contributed by atoms with E-state index in [4.69, 9.17) is 9.84 Å². The monoisotopic (exact) mass is 156 g/mol. The molecule has 0 rings (SSSR count). The van der Waals surface area contributed by atoms with E-state index in [1.165, 1.54) is 0 Å². The molecular formula is C9H16O2. The van der Waals surface area contributed by atoms with Crippen LogP contribution in [0, 0.1) is 0 Å². The van der Waals surface area contributed by atoms with Crippen molar-refractivity contribution >= 4 is 0 Å². The summed E-state index contributed by atoms with van der Waals surface area (Å²) in [7, 11) is 0. The maximum Gasteiger partial charge on any atom is 0.111 e. The largest absolute Gasteiger partial charge is 0.508 e. The number of allylic oxidation sites excluding steroid dienone is 2. The summed E-state index contributed by atoms with van der Waals surface area (Å²) in [5.74, 6) is 0.282. The lowest BCUT2D eigenvalue weighted by molar-refractivity contribution is 0.163. The number of aliphatic hydroxyl groups excluding tert-OH is 1. The SMILES string of the molecule is C/C=C(O)\C=C/COCCC. The Kier molecular flexibility index (Phi) is 6.84. The summed E-state index contributed by atoms with van der Waals surface area (Å²) < 4.78 is 5.15. The molecule has 0 fully saturated rings. The molecule has 11 heavy (non-hydrogen) atoms. The molecule has 2 nitrogen and oxygen atoms in total. The van der Waals surface area contributed by atoms with Crippen molar-refractivity contribution in [2.45, 2.75) is 20.3 Å². The molecule has 64 valence electrons. The minimum atomic E-state index is 0.282. The standard InChI is InChI=1S/C9H16O2/c1-3-7-11-8-5-6-9(10)4-2/h4-6,10H,3,7-8H2,1-2H3/b6-5-,9-4+. The number of aliphatic hydroxyl groups is 1. The first-order chi connectivity index (χ1) is 5.31. The van der Waals surface area contributed by atoms with E-state index in [1.54, 1.807) is 25.2 Å². The second-order valence-electron chi connectivity index (χ2n) is 2.19. The molecule has 0 saturated carbocycles. The third-order valence-electron chi connectivity index (χ3n) is 1.15. The first-order valence-electron chi connectivity index (χ1n) is 3.90. The first-order valence-corrected chi connectivity index (χ1v) is 3.90. The second kappa shape index (κ2) is 7.35. The average Bonchev–Trinajstić information content (AvgIpc) is 2.04. The quantitative estimate of drug-likeness (QED) is 0.376. The van der Waals surface area contributed by atoms with E-state index < -0.39 is 0 Å². The van der Waals surface area contributed by atoms with Gasteiger partial charge in [0, 0.05) is 6.61 Å². The van der Waals surface area contributed by atoms with Crippen molar-refractivity contribution in [3.05, 3.63) is 24.0 Å². The minimum absolute atomic E-state index is 0.282. The number of ether oxygens (including phenoxy) is 1. The highest BCUT2D eigenvalue weighted by Crippen LogP contribution is 1.89. The Labute approximate surface area is 68.2 Å². The molecule has 0 aromatic carbocycles. The molecule has 0 aliphatic rings. The van der Waals surface area contributed by atoms with Gasteiger partial charge >= 0.3 is 0 Å². The van der Waals surface area contributed by atoms with Crippen LogP contribution < -0.4 is 0 Å². The van der Waals surface area contributed by atoms with Gasteiger partial charge in [0.25, 0.3) is 0 Å². The maximum absolute atomic E-state index is 8.93. The van der Waals surface area contributed by atoms with Gasteiger partial charge in [-0.05, 0) is 25.5 Å². The Morgan fingerprint density at radius 2 is 2.27 bits per heavy atom. The fraction of sp³-hybridized carbons (Fsp3) is 0.556. The second-order valence-corrected chi connectivity index (χ2v) is 2.19. The molecule has 1 N–H and O–H groups in total. The third-order valence-corrected chi connectivity index (χ3v) is 1.15. The summed E-state index contributed by atoms with van der Waals surface area (Å²) in [6.45, 7) is 5.20. The van der Waals surface area contributed by atoms with Crippen molar-refractivity contribution in [3.63, 3.8) is 0 Å². The summed E-state index contributed by atoms with van der Waals surface area (Å²) in [6.07, 6.45) is 6.10. The van der Waals surface area contributed by atoms with Crippen molar-refractivity contribution in [3.8, 4) is 0 Å². The van der Waals surface area contributed by atoms with E-state index in [0.717, 1.165) is 13.0 Å². The Hall–Kier alpha value is -0.760. The van der Waals surface area contributed by atoms with Gasteiger partial charge in [0.2, 0.25) is 0 Å². The molecule has 0 radical (unpaired) electrons. The average molecular weight is 156 g/mol. The topological polar surface area (TPSA) is 29.5 Å². The van der Waals surface area contributed by atoms with Crippen molar-refractivity contribution in [1.82, 2.24) is 0 Å². The molecule has 0 aromatic rings. The molecule has 0 spiro atoms. The van der Waals surface area contributed by atoms with Gasteiger partial charge in [0.1, 0.15) is 5.76 Å². The Bertz CT molecular complexity index is 136. The van der Waals surface area contributed by atoms with Crippen LogP contribution in [0.25, 0.3) is 0 Å². The fourth-order valence-corrected chi connectivity index (χ4v) is 0.561. The lowest BCUT2D eigenvalue weighted by Crippen LogP contribution is -1.91. The molecular weight excluding hydrogens is 140 g/mol. The highest BCUT2D eigenvalue weighted by atomic mass is 16.5. The van der Waals surface area contributed by atoms with E-state index >= 15 is 0 Å². The number of rotatable bonds is 5. The first kappa shape index (κ1) is 10.2. The van der Waals surface area contributed by atoms with Crippen molar-refractivity contribution < 1.29 is 9.84 Å². The Morgan fingerprint density at radius 1 is 1.55 bits per heavy atom. The number of hydrogen-bond acceptors (Lipinski definition) is 2. The predicted octanol–water partition coefficient (Wildman–Crippen LogP) is 2.43. The summed E-state index contributed by atoms with van der Waals surface area (Å²) in [5, 5.41) is 8.93. The van der Waals surface area contributed by atoms with Crippen LogP contribution in [0.2, 0.25) is 0 Å². The smallest absolute Gasteiger partial charge is 0.111 e. The van der Waals surface area contributed by atoms with Crippen molar-refractivity contribution in [1.29, 1.82) is 0 Å². The lowest BCUT2D eigenvalue weighted by atomic mass is 10.4. The maximum atomic E-state index is 8.93. The van der Waals surface area contributed by atoms with E-state index in [-0.39, 0.29) is 5.76 Å². The van der Waals surface area contributed by atoms with Crippen molar-refractivity contribution in [2.75, 3.05) is 13.2 Å². The number of hydrogen-bond donors (Lipinski definition) is 1.